The summed E-state index contributed by atoms with van der Waals surface area (Å²) >= 11 is 1.16. The van der Waals surface area contributed by atoms with Crippen molar-refractivity contribution in [1.82, 2.24) is 39.6 Å². The van der Waals surface area contributed by atoms with Crippen molar-refractivity contribution in [2.24, 2.45) is 0 Å². The van der Waals surface area contributed by atoms with Gasteiger partial charge in [-0.3, -0.25) is 0 Å². The van der Waals surface area contributed by atoms with Gasteiger partial charge in [-0.1, -0.05) is 0 Å². The van der Waals surface area contributed by atoms with E-state index in [1.54, 1.807) is 12.4 Å². The van der Waals surface area contributed by atoms with Gasteiger partial charge in [0, 0.05) is 11.1 Å². The number of fused-ring (bicyclic) bond motifs is 1. The zero-order valence-corrected chi connectivity index (χ0v) is 10.2. The van der Waals surface area contributed by atoms with Crippen molar-refractivity contribution < 1.29 is 0 Å². The molecule has 3 aromatic heterocycles. The molecule has 0 saturated heterocycles. The van der Waals surface area contributed by atoms with E-state index < -0.39 is 0 Å². The van der Waals surface area contributed by atoms with Crippen LogP contribution in [0.2, 0.25) is 0 Å². The van der Waals surface area contributed by atoms with E-state index in [0.717, 1.165) is 45.3 Å². The van der Waals surface area contributed by atoms with Crippen LogP contribution in [-0.4, -0.2) is 39.6 Å². The number of hydrogen-bond acceptors (Lipinski definition) is 7. The van der Waals surface area contributed by atoms with Gasteiger partial charge in [-0.25, -0.2) is 0 Å². The highest BCUT2D eigenvalue weighted by atomic mass is 32.1. The van der Waals surface area contributed by atoms with Crippen molar-refractivity contribution in [1.29, 1.82) is 0 Å². The first-order valence-corrected chi connectivity index (χ1v) is 6.14. The maximum Gasteiger partial charge on any atom is 0.115 e. The number of aromatic amines is 2. The van der Waals surface area contributed by atoms with Gasteiger partial charge in [0.05, 0.1) is 24.1 Å². The minimum atomic E-state index is 0.740. The summed E-state index contributed by atoms with van der Waals surface area (Å²) in [6.45, 7) is 0. The number of rotatable bonds is 2. The van der Waals surface area contributed by atoms with E-state index in [-0.39, 0.29) is 0 Å². The minimum Gasteiger partial charge on any atom is -0.197 e. The molecule has 0 amide bonds. The van der Waals surface area contributed by atoms with E-state index in [0.29, 0.717) is 0 Å². The quantitative estimate of drug-likeness (QED) is 0.567. The molecule has 3 heterocycles. The molecule has 9 heteroatoms. The second-order valence-corrected chi connectivity index (χ2v) is 4.36. The van der Waals surface area contributed by atoms with Crippen LogP contribution >= 0.6 is 11.7 Å². The molecule has 0 unspecified atom stereocenters. The molecule has 2 N–H and O–H groups in total. The second-order valence-electron chi connectivity index (χ2n) is 3.83. The van der Waals surface area contributed by atoms with Crippen molar-refractivity contribution in [3.05, 3.63) is 24.5 Å². The smallest absolute Gasteiger partial charge is 0.115 e. The molecule has 0 atom stereocenters. The lowest BCUT2D eigenvalue weighted by Gasteiger charge is -2.01. The highest BCUT2D eigenvalue weighted by molar-refractivity contribution is 7.00. The van der Waals surface area contributed by atoms with Crippen molar-refractivity contribution in [2.45, 2.75) is 0 Å². The second kappa shape index (κ2) is 3.92. The van der Waals surface area contributed by atoms with Gasteiger partial charge < -0.3 is 0 Å². The van der Waals surface area contributed by atoms with Crippen LogP contribution in [0.5, 0.6) is 0 Å². The molecule has 0 aliphatic carbocycles. The summed E-state index contributed by atoms with van der Waals surface area (Å²) in [6.07, 6.45) is 3.31. The number of H-pyrrole nitrogens is 2. The van der Waals surface area contributed by atoms with Crippen LogP contribution in [0.3, 0.4) is 0 Å². The molecule has 0 radical (unpaired) electrons. The van der Waals surface area contributed by atoms with Gasteiger partial charge in [-0.2, -0.15) is 39.6 Å². The molecule has 0 saturated carbocycles. The van der Waals surface area contributed by atoms with E-state index in [9.17, 15) is 0 Å². The molecule has 0 aliphatic rings. The fourth-order valence-electron chi connectivity index (χ4n) is 1.94. The van der Waals surface area contributed by atoms with E-state index >= 15 is 0 Å². The van der Waals surface area contributed by atoms with Crippen LogP contribution in [0.25, 0.3) is 33.5 Å². The maximum absolute atomic E-state index is 4.34. The minimum absolute atomic E-state index is 0.740. The number of benzene rings is 1. The summed E-state index contributed by atoms with van der Waals surface area (Å²) in [5, 5.41) is 21.0. The molecule has 0 aliphatic heterocycles. The fraction of sp³-hybridized carbons (Fsp3) is 0. The van der Waals surface area contributed by atoms with Crippen molar-refractivity contribution in [3.8, 4) is 22.5 Å². The highest BCUT2D eigenvalue weighted by Gasteiger charge is 2.15. The fourth-order valence-corrected chi connectivity index (χ4v) is 2.52. The van der Waals surface area contributed by atoms with Crippen LogP contribution in [0, 0.1) is 0 Å². The van der Waals surface area contributed by atoms with Crippen molar-refractivity contribution >= 4 is 22.8 Å². The largest absolute Gasteiger partial charge is 0.197 e. The van der Waals surface area contributed by atoms with Crippen LogP contribution in [0.1, 0.15) is 0 Å². The zero-order valence-electron chi connectivity index (χ0n) is 9.40. The molecule has 0 spiro atoms. The first-order chi connectivity index (χ1) is 9.43. The SMILES string of the molecule is c1n[nH]nc1-c1ccc(-c2cn[nH]n2)c2nsnc12. The molecule has 0 fully saturated rings. The lowest BCUT2D eigenvalue weighted by Crippen LogP contribution is -1.86. The Hall–Kier alpha value is -2.68. The van der Waals surface area contributed by atoms with Gasteiger partial charge >= 0.3 is 0 Å². The predicted octanol–water partition coefficient (Wildman–Crippen LogP) is 1.26. The van der Waals surface area contributed by atoms with Gasteiger partial charge in [0.25, 0.3) is 0 Å². The molecule has 19 heavy (non-hydrogen) atoms. The van der Waals surface area contributed by atoms with E-state index in [1.165, 1.54) is 0 Å². The Labute approximate surface area is 110 Å². The normalized spacial score (nSPS) is 11.2. The topological polar surface area (TPSA) is 109 Å². The highest BCUT2D eigenvalue weighted by Crippen LogP contribution is 2.32. The molecular weight excluding hydrogens is 264 g/mol. The molecule has 4 rings (SSSR count). The van der Waals surface area contributed by atoms with Crippen LogP contribution in [-0.2, 0) is 0 Å². The molecule has 0 bridgehead atoms. The number of aromatic nitrogens is 8. The summed E-state index contributed by atoms with van der Waals surface area (Å²) in [4.78, 5) is 0. The van der Waals surface area contributed by atoms with Gasteiger partial charge in [0.2, 0.25) is 0 Å². The number of nitrogens with one attached hydrogen (secondary N) is 2. The maximum atomic E-state index is 4.34. The first-order valence-electron chi connectivity index (χ1n) is 5.41. The van der Waals surface area contributed by atoms with Gasteiger partial charge in [-0.15, -0.1) is 0 Å². The molecule has 8 nitrogen and oxygen atoms in total. The summed E-state index contributed by atoms with van der Waals surface area (Å²) in [7, 11) is 0. The average Bonchev–Trinajstić information content (AvgIpc) is 3.19. The Balaban J connectivity index is 2.01. The monoisotopic (exact) mass is 270 g/mol. The Morgan fingerprint density at radius 3 is 1.74 bits per heavy atom. The average molecular weight is 270 g/mol. The van der Waals surface area contributed by atoms with Crippen LogP contribution in [0.4, 0.5) is 0 Å². The van der Waals surface area contributed by atoms with Crippen molar-refractivity contribution in [2.75, 3.05) is 0 Å². The third-order valence-electron chi connectivity index (χ3n) is 2.80. The summed E-state index contributed by atoms with van der Waals surface area (Å²) in [5.41, 5.74) is 4.85. The van der Waals surface area contributed by atoms with Crippen LogP contribution < -0.4 is 0 Å². The van der Waals surface area contributed by atoms with E-state index in [4.69, 9.17) is 0 Å². The number of nitrogens with zero attached hydrogens (tertiary/aromatic N) is 6. The Bertz CT molecular complexity index is 748. The standard InChI is InChI=1S/C10H6N8S/c1-2-6(8-4-12-18-14-8)10-9(15-19-16-10)5(1)7-3-11-17-13-7/h1-4H,(H,11,13,17)(H,12,14,18). The summed E-state index contributed by atoms with van der Waals surface area (Å²) in [5.74, 6) is 0. The first kappa shape index (κ1) is 10.3. The molecule has 1 aromatic carbocycles. The Morgan fingerprint density at radius 1 is 0.789 bits per heavy atom. The Morgan fingerprint density at radius 2 is 1.32 bits per heavy atom. The van der Waals surface area contributed by atoms with E-state index in [2.05, 4.69) is 39.6 Å². The predicted molar refractivity (Wildman–Crippen MR) is 68.2 cm³/mol. The molecule has 92 valence electrons. The zero-order chi connectivity index (χ0) is 12.7. The van der Waals surface area contributed by atoms with E-state index in [1.807, 2.05) is 12.1 Å². The summed E-state index contributed by atoms with van der Waals surface area (Å²) < 4.78 is 8.67. The lowest BCUT2D eigenvalue weighted by atomic mass is 10.0. The third-order valence-corrected chi connectivity index (χ3v) is 3.33. The number of hydrogen-bond donors (Lipinski definition) is 2. The Kier molecular flexibility index (Phi) is 2.12. The van der Waals surface area contributed by atoms with Crippen LogP contribution in [0.15, 0.2) is 24.5 Å². The molecular formula is C10H6N8S. The summed E-state index contributed by atoms with van der Waals surface area (Å²) in [6, 6.07) is 3.87. The van der Waals surface area contributed by atoms with Gasteiger partial charge in [0.1, 0.15) is 22.4 Å². The third kappa shape index (κ3) is 1.52. The van der Waals surface area contributed by atoms with Gasteiger partial charge in [-0.05, 0) is 12.1 Å². The lowest BCUT2D eigenvalue weighted by molar-refractivity contribution is 0.942. The van der Waals surface area contributed by atoms with Crippen molar-refractivity contribution in [3.63, 3.8) is 0 Å². The van der Waals surface area contributed by atoms with Gasteiger partial charge in [0.15, 0.2) is 0 Å². The molecule has 4 aromatic rings.